The largest absolute Gasteiger partial charge is 0.465 e. The fraction of sp³-hybridized carbons (Fsp3) is 0.667. The topological polar surface area (TPSA) is 42.4 Å². The molecule has 1 fully saturated rings. The molecule has 0 bridgehead atoms. The summed E-state index contributed by atoms with van der Waals surface area (Å²) in [5.74, 6) is 2.01. The van der Waals surface area contributed by atoms with Crippen molar-refractivity contribution in [2.45, 2.75) is 45.3 Å². The average molecular weight is 208 g/mol. The molecule has 0 atom stereocenters. The van der Waals surface area contributed by atoms with Gasteiger partial charge in [-0.1, -0.05) is 6.42 Å². The van der Waals surface area contributed by atoms with E-state index in [1.165, 1.54) is 19.3 Å². The third-order valence-corrected chi connectivity index (χ3v) is 3.39. The van der Waals surface area contributed by atoms with Crippen LogP contribution >= 0.6 is 0 Å². The van der Waals surface area contributed by atoms with Gasteiger partial charge in [-0.05, 0) is 32.9 Å². The van der Waals surface area contributed by atoms with Gasteiger partial charge < -0.3 is 10.2 Å². The van der Waals surface area contributed by atoms with Gasteiger partial charge in [-0.15, -0.1) is 0 Å². The number of hydrogen-bond acceptors (Lipinski definition) is 3. The zero-order valence-electron chi connectivity index (χ0n) is 9.62. The van der Waals surface area contributed by atoms with Crippen LogP contribution in [0.4, 0.5) is 0 Å². The Labute approximate surface area is 91.2 Å². The first-order valence-corrected chi connectivity index (χ1v) is 5.69. The van der Waals surface area contributed by atoms with Gasteiger partial charge in [-0.3, -0.25) is 4.90 Å². The number of rotatable bonds is 4. The fourth-order valence-electron chi connectivity index (χ4n) is 2.07. The van der Waals surface area contributed by atoms with E-state index >= 15 is 0 Å². The van der Waals surface area contributed by atoms with Crippen molar-refractivity contribution in [1.82, 2.24) is 4.90 Å². The van der Waals surface area contributed by atoms with Crippen LogP contribution in [0, 0.1) is 6.92 Å². The maximum absolute atomic E-state index is 5.67. The van der Waals surface area contributed by atoms with Crippen LogP contribution in [0.5, 0.6) is 0 Å². The van der Waals surface area contributed by atoms with Crippen LogP contribution in [-0.4, -0.2) is 18.0 Å². The van der Waals surface area contributed by atoms with Crippen molar-refractivity contribution in [1.29, 1.82) is 0 Å². The lowest BCUT2D eigenvalue weighted by atomic mass is 9.92. The number of nitrogens with two attached hydrogens (primary N) is 1. The predicted molar refractivity (Wildman–Crippen MR) is 60.4 cm³/mol. The van der Waals surface area contributed by atoms with Crippen LogP contribution in [0.15, 0.2) is 10.5 Å². The van der Waals surface area contributed by atoms with E-state index in [0.717, 1.165) is 29.7 Å². The molecule has 15 heavy (non-hydrogen) atoms. The molecule has 0 aliphatic heterocycles. The summed E-state index contributed by atoms with van der Waals surface area (Å²) in [5, 5.41) is 0. The van der Waals surface area contributed by atoms with Gasteiger partial charge in [0.05, 0.1) is 6.54 Å². The van der Waals surface area contributed by atoms with E-state index in [1.54, 1.807) is 0 Å². The second-order valence-electron chi connectivity index (χ2n) is 4.50. The quantitative estimate of drug-likeness (QED) is 0.823. The molecule has 0 spiro atoms. The number of hydrogen-bond donors (Lipinski definition) is 1. The third-order valence-electron chi connectivity index (χ3n) is 3.39. The molecule has 0 aromatic carbocycles. The second kappa shape index (κ2) is 4.37. The van der Waals surface area contributed by atoms with Crippen molar-refractivity contribution in [3.63, 3.8) is 0 Å². The monoisotopic (exact) mass is 208 g/mol. The minimum atomic E-state index is 0.572. The van der Waals surface area contributed by atoms with Crippen molar-refractivity contribution in [3.8, 4) is 0 Å². The van der Waals surface area contributed by atoms with Gasteiger partial charge in [-0.2, -0.15) is 0 Å². The van der Waals surface area contributed by atoms with E-state index in [-0.39, 0.29) is 0 Å². The predicted octanol–water partition coefficient (Wildman–Crippen LogP) is 2.03. The summed E-state index contributed by atoms with van der Waals surface area (Å²) in [5.41, 5.74) is 6.75. The summed E-state index contributed by atoms with van der Waals surface area (Å²) in [6, 6.07) is 2.85. The minimum absolute atomic E-state index is 0.572. The zero-order chi connectivity index (χ0) is 10.8. The molecule has 0 unspecified atom stereocenters. The van der Waals surface area contributed by atoms with Crippen LogP contribution in [0.2, 0.25) is 0 Å². The molecule has 2 rings (SSSR count). The fourth-order valence-corrected chi connectivity index (χ4v) is 2.07. The van der Waals surface area contributed by atoms with E-state index < -0.39 is 0 Å². The van der Waals surface area contributed by atoms with Gasteiger partial charge in [0, 0.05) is 18.2 Å². The standard InChI is InChI=1S/C12H20N2O/c1-9-10(7-13)6-12(15-9)8-14(2)11-4-3-5-11/h6,11H,3-5,7-8,13H2,1-2H3. The van der Waals surface area contributed by atoms with Crippen LogP contribution in [0.25, 0.3) is 0 Å². The van der Waals surface area contributed by atoms with Crippen molar-refractivity contribution >= 4 is 0 Å². The Morgan fingerprint density at radius 2 is 2.27 bits per heavy atom. The van der Waals surface area contributed by atoms with Gasteiger partial charge in [-0.25, -0.2) is 0 Å². The van der Waals surface area contributed by atoms with E-state index in [9.17, 15) is 0 Å². The molecular weight excluding hydrogens is 188 g/mol. The number of aryl methyl sites for hydroxylation is 1. The molecular formula is C12H20N2O. The highest BCUT2D eigenvalue weighted by Gasteiger charge is 2.22. The molecule has 2 N–H and O–H groups in total. The van der Waals surface area contributed by atoms with E-state index in [0.29, 0.717) is 6.54 Å². The third kappa shape index (κ3) is 2.24. The van der Waals surface area contributed by atoms with Gasteiger partial charge in [0.2, 0.25) is 0 Å². The van der Waals surface area contributed by atoms with E-state index in [4.69, 9.17) is 10.2 Å². The molecule has 84 valence electrons. The van der Waals surface area contributed by atoms with Gasteiger partial charge in [0.15, 0.2) is 0 Å². The summed E-state index contributed by atoms with van der Waals surface area (Å²) < 4.78 is 5.67. The second-order valence-corrected chi connectivity index (χ2v) is 4.50. The molecule has 1 aliphatic carbocycles. The Morgan fingerprint density at radius 1 is 1.53 bits per heavy atom. The summed E-state index contributed by atoms with van der Waals surface area (Å²) in [4.78, 5) is 2.38. The van der Waals surface area contributed by atoms with Gasteiger partial charge >= 0.3 is 0 Å². The van der Waals surface area contributed by atoms with Crippen LogP contribution in [-0.2, 0) is 13.1 Å². The summed E-state index contributed by atoms with van der Waals surface area (Å²) in [7, 11) is 2.17. The molecule has 1 saturated carbocycles. The Hall–Kier alpha value is -0.800. The number of nitrogens with zero attached hydrogens (tertiary/aromatic N) is 1. The molecule has 0 saturated heterocycles. The average Bonchev–Trinajstić information content (AvgIpc) is 2.42. The lowest BCUT2D eigenvalue weighted by molar-refractivity contribution is 0.142. The number of furan rings is 1. The highest BCUT2D eigenvalue weighted by atomic mass is 16.3. The first-order valence-electron chi connectivity index (χ1n) is 5.69. The Kier molecular flexibility index (Phi) is 3.12. The Morgan fingerprint density at radius 3 is 2.73 bits per heavy atom. The highest BCUT2D eigenvalue weighted by Crippen LogP contribution is 2.25. The van der Waals surface area contributed by atoms with Crippen molar-refractivity contribution in [2.24, 2.45) is 5.73 Å². The SMILES string of the molecule is Cc1oc(CN(C)C2CCC2)cc1CN. The molecule has 1 heterocycles. The molecule has 1 aromatic heterocycles. The summed E-state index contributed by atoms with van der Waals surface area (Å²) >= 11 is 0. The lowest BCUT2D eigenvalue weighted by Crippen LogP contribution is -2.36. The van der Waals surface area contributed by atoms with Crippen molar-refractivity contribution in [3.05, 3.63) is 23.2 Å². The maximum Gasteiger partial charge on any atom is 0.118 e. The summed E-state index contributed by atoms with van der Waals surface area (Å²) in [6.45, 7) is 3.46. The molecule has 0 amide bonds. The maximum atomic E-state index is 5.67. The van der Waals surface area contributed by atoms with Gasteiger partial charge in [0.25, 0.3) is 0 Å². The first kappa shape index (κ1) is 10.7. The minimum Gasteiger partial charge on any atom is -0.465 e. The molecule has 3 nitrogen and oxygen atoms in total. The molecule has 0 radical (unpaired) electrons. The van der Waals surface area contributed by atoms with E-state index in [1.807, 2.05) is 6.92 Å². The van der Waals surface area contributed by atoms with Crippen LogP contribution < -0.4 is 5.73 Å². The smallest absolute Gasteiger partial charge is 0.118 e. The highest BCUT2D eigenvalue weighted by molar-refractivity contribution is 5.20. The van der Waals surface area contributed by atoms with Crippen LogP contribution in [0.3, 0.4) is 0 Å². The van der Waals surface area contributed by atoms with Crippen molar-refractivity contribution in [2.75, 3.05) is 7.05 Å². The Bertz CT molecular complexity index is 328. The van der Waals surface area contributed by atoms with E-state index in [2.05, 4.69) is 18.0 Å². The molecule has 1 aliphatic rings. The molecule has 1 aromatic rings. The van der Waals surface area contributed by atoms with Crippen LogP contribution in [0.1, 0.15) is 36.3 Å². The first-order chi connectivity index (χ1) is 7.20. The van der Waals surface area contributed by atoms with Gasteiger partial charge in [0.1, 0.15) is 11.5 Å². The summed E-state index contributed by atoms with van der Waals surface area (Å²) in [6.07, 6.45) is 4.04. The lowest BCUT2D eigenvalue weighted by Gasteiger charge is -2.34. The van der Waals surface area contributed by atoms with Crippen molar-refractivity contribution < 1.29 is 4.42 Å². The zero-order valence-corrected chi connectivity index (χ0v) is 9.62. The Balaban J connectivity index is 1.97. The molecule has 3 heteroatoms. The normalized spacial score (nSPS) is 17.1.